The van der Waals surface area contributed by atoms with Crippen LogP contribution in [0.2, 0.25) is 0 Å². The average molecular weight is 219 g/mol. The fraction of sp³-hybridized carbons (Fsp3) is 0.444. The molecular formula is C9H11F2NO3. The number of alkyl halides is 2. The van der Waals surface area contributed by atoms with Crippen LogP contribution in [0.5, 0.6) is 0 Å². The SMILES string of the molecule is CCNCc1occ(C(F)F)c1C(=O)O. The van der Waals surface area contributed by atoms with Crippen molar-refractivity contribution < 1.29 is 23.1 Å². The third-order valence-corrected chi connectivity index (χ3v) is 1.88. The van der Waals surface area contributed by atoms with Crippen molar-refractivity contribution >= 4 is 5.97 Å². The van der Waals surface area contributed by atoms with Gasteiger partial charge < -0.3 is 14.8 Å². The van der Waals surface area contributed by atoms with E-state index in [-0.39, 0.29) is 12.3 Å². The van der Waals surface area contributed by atoms with Gasteiger partial charge in [-0.05, 0) is 6.54 Å². The first-order chi connectivity index (χ1) is 7.07. The van der Waals surface area contributed by atoms with E-state index in [2.05, 4.69) is 5.32 Å². The Morgan fingerprint density at radius 2 is 2.33 bits per heavy atom. The van der Waals surface area contributed by atoms with Crippen molar-refractivity contribution in [1.82, 2.24) is 5.32 Å². The molecule has 0 aliphatic heterocycles. The highest BCUT2D eigenvalue weighted by Gasteiger charge is 2.25. The number of hydrogen-bond donors (Lipinski definition) is 2. The summed E-state index contributed by atoms with van der Waals surface area (Å²) in [5, 5.41) is 11.6. The summed E-state index contributed by atoms with van der Waals surface area (Å²) in [6.45, 7) is 2.55. The first-order valence-corrected chi connectivity index (χ1v) is 4.40. The van der Waals surface area contributed by atoms with Gasteiger partial charge in [-0.2, -0.15) is 0 Å². The van der Waals surface area contributed by atoms with E-state index >= 15 is 0 Å². The van der Waals surface area contributed by atoms with Crippen LogP contribution in [0.25, 0.3) is 0 Å². The smallest absolute Gasteiger partial charge is 0.339 e. The van der Waals surface area contributed by atoms with Gasteiger partial charge in [0.1, 0.15) is 17.6 Å². The summed E-state index contributed by atoms with van der Waals surface area (Å²) in [6.07, 6.45) is -2.05. The van der Waals surface area contributed by atoms with Crippen molar-refractivity contribution in [3.8, 4) is 0 Å². The van der Waals surface area contributed by atoms with E-state index in [1.807, 2.05) is 6.92 Å². The Bertz CT molecular complexity index is 349. The standard InChI is InChI=1S/C9H11F2NO3/c1-2-12-3-6-7(9(13)14)5(4-15-6)8(10)11/h4,8,12H,2-3H2,1H3,(H,13,14). The predicted octanol–water partition coefficient (Wildman–Crippen LogP) is 2.02. The average Bonchev–Trinajstić information content (AvgIpc) is 2.58. The number of nitrogens with one attached hydrogen (secondary N) is 1. The minimum Gasteiger partial charge on any atom is -0.478 e. The van der Waals surface area contributed by atoms with Crippen LogP contribution in [-0.4, -0.2) is 17.6 Å². The third kappa shape index (κ3) is 2.53. The summed E-state index contributed by atoms with van der Waals surface area (Å²) in [6, 6.07) is 0. The van der Waals surface area contributed by atoms with Gasteiger partial charge in [0.2, 0.25) is 0 Å². The minimum absolute atomic E-state index is 0.0275. The molecule has 0 aromatic carbocycles. The van der Waals surface area contributed by atoms with Crippen LogP contribution in [0.15, 0.2) is 10.7 Å². The summed E-state index contributed by atoms with van der Waals surface area (Å²) >= 11 is 0. The van der Waals surface area contributed by atoms with Crippen LogP contribution >= 0.6 is 0 Å². The van der Waals surface area contributed by atoms with Crippen LogP contribution in [0, 0.1) is 0 Å². The minimum atomic E-state index is -2.84. The third-order valence-electron chi connectivity index (χ3n) is 1.88. The molecule has 1 aromatic rings. The highest BCUT2D eigenvalue weighted by atomic mass is 19.3. The van der Waals surface area contributed by atoms with Crippen molar-refractivity contribution in [2.24, 2.45) is 0 Å². The van der Waals surface area contributed by atoms with E-state index < -0.39 is 23.5 Å². The molecule has 1 heterocycles. The first kappa shape index (κ1) is 11.6. The summed E-state index contributed by atoms with van der Waals surface area (Å²) in [4.78, 5) is 10.8. The molecule has 84 valence electrons. The Morgan fingerprint density at radius 1 is 1.67 bits per heavy atom. The fourth-order valence-corrected chi connectivity index (χ4v) is 1.19. The van der Waals surface area contributed by atoms with E-state index in [0.29, 0.717) is 6.54 Å². The number of carboxylic acid groups (broad SMARTS) is 1. The monoisotopic (exact) mass is 219 g/mol. The van der Waals surface area contributed by atoms with Gasteiger partial charge in [0.15, 0.2) is 0 Å². The van der Waals surface area contributed by atoms with Crippen molar-refractivity contribution in [3.05, 3.63) is 23.2 Å². The molecule has 0 atom stereocenters. The molecule has 0 saturated carbocycles. The van der Waals surface area contributed by atoms with Crippen LogP contribution < -0.4 is 5.32 Å². The lowest BCUT2D eigenvalue weighted by atomic mass is 10.1. The lowest BCUT2D eigenvalue weighted by Crippen LogP contribution is -2.14. The number of halogens is 2. The van der Waals surface area contributed by atoms with Crippen molar-refractivity contribution in [3.63, 3.8) is 0 Å². The lowest BCUT2D eigenvalue weighted by molar-refractivity contribution is 0.0683. The molecule has 0 fully saturated rings. The Morgan fingerprint density at radius 3 is 2.80 bits per heavy atom. The molecule has 0 aliphatic rings. The van der Waals surface area contributed by atoms with Gasteiger partial charge in [-0.3, -0.25) is 0 Å². The zero-order valence-corrected chi connectivity index (χ0v) is 8.09. The zero-order chi connectivity index (χ0) is 11.4. The number of rotatable bonds is 5. The molecular weight excluding hydrogens is 208 g/mol. The molecule has 0 bridgehead atoms. The van der Waals surface area contributed by atoms with Crippen molar-refractivity contribution in [2.75, 3.05) is 6.54 Å². The first-order valence-electron chi connectivity index (χ1n) is 4.40. The Hall–Kier alpha value is -1.43. The summed E-state index contributed by atoms with van der Waals surface area (Å²) < 4.78 is 29.6. The number of carbonyl (C=O) groups is 1. The van der Waals surface area contributed by atoms with Crippen LogP contribution in [-0.2, 0) is 6.54 Å². The van der Waals surface area contributed by atoms with Gasteiger partial charge >= 0.3 is 5.97 Å². The molecule has 4 nitrogen and oxygen atoms in total. The fourth-order valence-electron chi connectivity index (χ4n) is 1.19. The highest BCUT2D eigenvalue weighted by Crippen LogP contribution is 2.27. The number of hydrogen-bond acceptors (Lipinski definition) is 3. The number of aromatic carboxylic acids is 1. The van der Waals surface area contributed by atoms with E-state index in [1.165, 1.54) is 0 Å². The maximum atomic E-state index is 12.4. The molecule has 0 radical (unpaired) electrons. The Kier molecular flexibility index (Phi) is 3.79. The van der Waals surface area contributed by atoms with E-state index in [0.717, 1.165) is 6.26 Å². The maximum absolute atomic E-state index is 12.4. The quantitative estimate of drug-likeness (QED) is 0.795. The van der Waals surface area contributed by atoms with Gasteiger partial charge in [-0.15, -0.1) is 0 Å². The van der Waals surface area contributed by atoms with Crippen LogP contribution in [0.1, 0.15) is 35.0 Å². The van der Waals surface area contributed by atoms with Gasteiger partial charge in [0.25, 0.3) is 6.43 Å². The molecule has 1 aromatic heterocycles. The zero-order valence-electron chi connectivity index (χ0n) is 8.09. The van der Waals surface area contributed by atoms with Gasteiger partial charge in [0.05, 0.1) is 12.1 Å². The van der Waals surface area contributed by atoms with Gasteiger partial charge in [-0.1, -0.05) is 6.92 Å². The molecule has 6 heteroatoms. The van der Waals surface area contributed by atoms with Crippen molar-refractivity contribution in [1.29, 1.82) is 0 Å². The maximum Gasteiger partial charge on any atom is 0.339 e. The Labute approximate surface area is 84.9 Å². The van der Waals surface area contributed by atoms with Gasteiger partial charge in [0, 0.05) is 0 Å². The van der Waals surface area contributed by atoms with Crippen LogP contribution in [0.3, 0.4) is 0 Å². The molecule has 2 N–H and O–H groups in total. The van der Waals surface area contributed by atoms with E-state index in [4.69, 9.17) is 9.52 Å². The molecule has 1 rings (SSSR count). The van der Waals surface area contributed by atoms with Crippen LogP contribution in [0.4, 0.5) is 8.78 Å². The summed E-state index contributed by atoms with van der Waals surface area (Å²) in [5.74, 6) is -1.37. The lowest BCUT2D eigenvalue weighted by Gasteiger charge is -2.01. The molecule has 0 saturated heterocycles. The second-order valence-corrected chi connectivity index (χ2v) is 2.88. The second-order valence-electron chi connectivity index (χ2n) is 2.88. The second kappa shape index (κ2) is 4.88. The summed E-state index contributed by atoms with van der Waals surface area (Å²) in [5.41, 5.74) is -1.01. The molecule has 0 aliphatic carbocycles. The largest absolute Gasteiger partial charge is 0.478 e. The van der Waals surface area contributed by atoms with E-state index in [9.17, 15) is 13.6 Å². The molecule has 0 amide bonds. The summed E-state index contributed by atoms with van der Waals surface area (Å²) in [7, 11) is 0. The number of carboxylic acids is 1. The normalized spacial score (nSPS) is 10.9. The van der Waals surface area contributed by atoms with Crippen molar-refractivity contribution in [2.45, 2.75) is 19.9 Å². The highest BCUT2D eigenvalue weighted by molar-refractivity contribution is 5.90. The van der Waals surface area contributed by atoms with Gasteiger partial charge in [-0.25, -0.2) is 13.6 Å². The molecule has 0 spiro atoms. The molecule has 15 heavy (non-hydrogen) atoms. The topological polar surface area (TPSA) is 62.5 Å². The predicted molar refractivity (Wildman–Crippen MR) is 48.0 cm³/mol. The van der Waals surface area contributed by atoms with E-state index in [1.54, 1.807) is 0 Å². The Balaban J connectivity index is 3.01. The molecule has 0 unspecified atom stereocenters. The number of furan rings is 1.